The molecule has 15 heavy (non-hydrogen) atoms. The second kappa shape index (κ2) is 3.76. The van der Waals surface area contributed by atoms with Crippen molar-refractivity contribution in [1.29, 1.82) is 0 Å². The average Bonchev–Trinajstić information content (AvgIpc) is 2.66. The first-order chi connectivity index (χ1) is 7.31. The molecule has 4 heterocycles. The van der Waals surface area contributed by atoms with Gasteiger partial charge in [0.2, 0.25) is 0 Å². The molecule has 1 aromatic heterocycles. The van der Waals surface area contributed by atoms with Crippen molar-refractivity contribution < 1.29 is 4.74 Å². The third-order valence-electron chi connectivity index (χ3n) is 3.45. The molecule has 3 aliphatic rings. The number of rotatable bonds is 2. The van der Waals surface area contributed by atoms with Crippen LogP contribution in [0.25, 0.3) is 0 Å². The molecule has 3 nitrogen and oxygen atoms in total. The van der Waals surface area contributed by atoms with Gasteiger partial charge in [-0.3, -0.25) is 4.90 Å². The molecule has 0 aromatic carbocycles. The maximum atomic E-state index is 5.98. The van der Waals surface area contributed by atoms with Crippen molar-refractivity contribution in [1.82, 2.24) is 9.88 Å². The highest BCUT2D eigenvalue weighted by molar-refractivity contribution is 7.11. The van der Waals surface area contributed by atoms with Crippen LogP contribution in [0.2, 0.25) is 0 Å². The van der Waals surface area contributed by atoms with Crippen LogP contribution in [0, 0.1) is 12.8 Å². The molecule has 1 atom stereocenters. The lowest BCUT2D eigenvalue weighted by molar-refractivity contribution is -0.00789. The van der Waals surface area contributed by atoms with Gasteiger partial charge in [-0.25, -0.2) is 4.98 Å². The van der Waals surface area contributed by atoms with E-state index in [0.29, 0.717) is 6.10 Å². The van der Waals surface area contributed by atoms with E-state index in [9.17, 15) is 0 Å². The van der Waals surface area contributed by atoms with Gasteiger partial charge in [-0.05, 0) is 38.8 Å². The van der Waals surface area contributed by atoms with Crippen molar-refractivity contribution in [2.45, 2.75) is 25.9 Å². The van der Waals surface area contributed by atoms with Crippen molar-refractivity contribution in [3.63, 3.8) is 0 Å². The van der Waals surface area contributed by atoms with Gasteiger partial charge < -0.3 is 4.74 Å². The van der Waals surface area contributed by atoms with E-state index in [0.717, 1.165) is 23.4 Å². The molecule has 1 aromatic rings. The molecule has 0 N–H and O–H groups in total. The number of aromatic nitrogens is 1. The third kappa shape index (κ3) is 1.88. The number of nitrogens with zero attached hydrogens (tertiary/aromatic N) is 2. The van der Waals surface area contributed by atoms with E-state index in [2.05, 4.69) is 15.3 Å². The van der Waals surface area contributed by atoms with E-state index in [1.165, 1.54) is 25.9 Å². The van der Waals surface area contributed by atoms with Crippen molar-refractivity contribution in [3.8, 4) is 5.19 Å². The molecule has 0 aliphatic carbocycles. The molecule has 3 aliphatic heterocycles. The van der Waals surface area contributed by atoms with Crippen LogP contribution in [0.1, 0.15) is 18.5 Å². The Morgan fingerprint density at radius 1 is 1.47 bits per heavy atom. The summed E-state index contributed by atoms with van der Waals surface area (Å²) in [6, 6.07) is 0. The minimum absolute atomic E-state index is 0.387. The van der Waals surface area contributed by atoms with Crippen LogP contribution < -0.4 is 4.74 Å². The summed E-state index contributed by atoms with van der Waals surface area (Å²) in [5.41, 5.74) is 1.07. The van der Waals surface area contributed by atoms with Gasteiger partial charge in [0, 0.05) is 11.9 Å². The van der Waals surface area contributed by atoms with Gasteiger partial charge in [-0.1, -0.05) is 11.3 Å². The van der Waals surface area contributed by atoms with Crippen LogP contribution >= 0.6 is 11.3 Å². The lowest BCUT2D eigenvalue weighted by atomic mass is 9.86. The number of aryl methyl sites for hydroxylation is 1. The Balaban J connectivity index is 1.68. The highest BCUT2D eigenvalue weighted by Gasteiger charge is 2.35. The Bertz CT molecular complexity index is 344. The molecule has 0 saturated carbocycles. The zero-order valence-corrected chi connectivity index (χ0v) is 9.80. The predicted molar refractivity (Wildman–Crippen MR) is 60.4 cm³/mol. The topological polar surface area (TPSA) is 25.4 Å². The number of hydrogen-bond acceptors (Lipinski definition) is 4. The predicted octanol–water partition coefficient (Wildman–Crippen LogP) is 1.92. The summed E-state index contributed by atoms with van der Waals surface area (Å²) in [6.45, 7) is 5.64. The second-order valence-corrected chi connectivity index (χ2v) is 5.37. The molecule has 0 amide bonds. The van der Waals surface area contributed by atoms with Gasteiger partial charge >= 0.3 is 0 Å². The van der Waals surface area contributed by atoms with E-state index >= 15 is 0 Å². The van der Waals surface area contributed by atoms with Crippen molar-refractivity contribution >= 4 is 11.3 Å². The molecule has 4 heteroatoms. The number of piperidine rings is 3. The molecule has 4 rings (SSSR count). The maximum Gasteiger partial charge on any atom is 0.273 e. The minimum atomic E-state index is 0.387. The molecule has 0 spiro atoms. The Labute approximate surface area is 94.1 Å². The zero-order chi connectivity index (χ0) is 10.3. The summed E-state index contributed by atoms with van der Waals surface area (Å²) in [6.07, 6.45) is 2.99. The van der Waals surface area contributed by atoms with Gasteiger partial charge in [0.25, 0.3) is 5.19 Å². The van der Waals surface area contributed by atoms with Gasteiger partial charge in [0.15, 0.2) is 0 Å². The smallest absolute Gasteiger partial charge is 0.273 e. The first kappa shape index (κ1) is 9.60. The van der Waals surface area contributed by atoms with Gasteiger partial charge in [0.05, 0.1) is 5.69 Å². The summed E-state index contributed by atoms with van der Waals surface area (Å²) >= 11 is 1.62. The summed E-state index contributed by atoms with van der Waals surface area (Å²) in [5, 5.41) is 2.91. The van der Waals surface area contributed by atoms with Crippen LogP contribution in [-0.4, -0.2) is 35.6 Å². The quantitative estimate of drug-likeness (QED) is 0.767. The first-order valence-corrected chi connectivity index (χ1v) is 6.50. The van der Waals surface area contributed by atoms with Crippen molar-refractivity contribution in [2.24, 2.45) is 5.92 Å². The lowest BCUT2D eigenvalue weighted by Crippen LogP contribution is -2.52. The normalized spacial score (nSPS) is 34.3. The van der Waals surface area contributed by atoms with Gasteiger partial charge in [0.1, 0.15) is 6.10 Å². The van der Waals surface area contributed by atoms with E-state index in [1.54, 1.807) is 11.3 Å². The minimum Gasteiger partial charge on any atom is -0.465 e. The fraction of sp³-hybridized carbons (Fsp3) is 0.727. The average molecular weight is 224 g/mol. The first-order valence-electron chi connectivity index (χ1n) is 5.62. The number of hydrogen-bond donors (Lipinski definition) is 0. The molecular formula is C11H16N2OS. The maximum absolute atomic E-state index is 5.98. The van der Waals surface area contributed by atoms with E-state index in [1.807, 2.05) is 6.92 Å². The molecular weight excluding hydrogens is 208 g/mol. The number of ether oxygens (including phenoxy) is 1. The van der Waals surface area contributed by atoms with Gasteiger partial charge in [-0.2, -0.15) is 0 Å². The largest absolute Gasteiger partial charge is 0.465 e. The number of fused-ring (bicyclic) bond motifs is 3. The summed E-state index contributed by atoms with van der Waals surface area (Å²) in [4.78, 5) is 6.87. The highest BCUT2D eigenvalue weighted by Crippen LogP contribution is 2.31. The molecule has 2 bridgehead atoms. The van der Waals surface area contributed by atoms with Crippen LogP contribution in [0.3, 0.4) is 0 Å². The summed E-state index contributed by atoms with van der Waals surface area (Å²) in [7, 11) is 0. The monoisotopic (exact) mass is 224 g/mol. The number of thiazole rings is 1. The van der Waals surface area contributed by atoms with Crippen LogP contribution in [0.4, 0.5) is 0 Å². The molecule has 3 fully saturated rings. The summed E-state index contributed by atoms with van der Waals surface area (Å²) in [5.74, 6) is 0.763. The summed E-state index contributed by atoms with van der Waals surface area (Å²) < 4.78 is 5.98. The van der Waals surface area contributed by atoms with E-state index in [4.69, 9.17) is 4.74 Å². The molecule has 0 unspecified atom stereocenters. The van der Waals surface area contributed by atoms with Crippen LogP contribution in [-0.2, 0) is 0 Å². The SMILES string of the molecule is Cc1csc(O[C@H]2CN3CCC2CC3)n1. The standard InChI is InChI=1S/C11H16N2OS/c1-8-7-15-11(12-8)14-10-6-13-4-2-9(10)3-5-13/h7,9-10H,2-6H2,1H3/t10-/m0/s1. The Morgan fingerprint density at radius 3 is 2.80 bits per heavy atom. The Kier molecular flexibility index (Phi) is 2.41. The molecule has 0 radical (unpaired) electrons. The van der Waals surface area contributed by atoms with E-state index < -0.39 is 0 Å². The highest BCUT2D eigenvalue weighted by atomic mass is 32.1. The third-order valence-corrected chi connectivity index (χ3v) is 4.29. The zero-order valence-electron chi connectivity index (χ0n) is 8.98. The van der Waals surface area contributed by atoms with Crippen molar-refractivity contribution in [2.75, 3.05) is 19.6 Å². The second-order valence-electron chi connectivity index (χ2n) is 4.55. The fourth-order valence-corrected chi connectivity index (χ4v) is 3.26. The molecule has 82 valence electrons. The Hall–Kier alpha value is -0.610. The van der Waals surface area contributed by atoms with Crippen LogP contribution in [0.5, 0.6) is 5.19 Å². The van der Waals surface area contributed by atoms with Crippen molar-refractivity contribution in [3.05, 3.63) is 11.1 Å². The van der Waals surface area contributed by atoms with Gasteiger partial charge in [-0.15, -0.1) is 0 Å². The molecule has 3 saturated heterocycles. The van der Waals surface area contributed by atoms with E-state index in [-0.39, 0.29) is 0 Å². The lowest BCUT2D eigenvalue weighted by Gasteiger charge is -2.43. The van der Waals surface area contributed by atoms with Crippen LogP contribution in [0.15, 0.2) is 5.38 Å². The fourth-order valence-electron chi connectivity index (χ4n) is 2.56. The Morgan fingerprint density at radius 2 is 2.27 bits per heavy atom.